The number of carbonyl (C=O) groups is 1. The van der Waals surface area contributed by atoms with E-state index in [9.17, 15) is 39.8 Å². The third kappa shape index (κ3) is 34.5. The van der Waals surface area contributed by atoms with E-state index in [1.165, 1.54) is 148 Å². The highest BCUT2D eigenvalue weighted by atomic mass is 31.2. The van der Waals surface area contributed by atoms with Gasteiger partial charge < -0.3 is 39.9 Å². The number of allylic oxidation sites excluding steroid dienone is 6. The number of hydrogen-bond acceptors (Lipinski definition) is 11. The summed E-state index contributed by atoms with van der Waals surface area (Å²) in [4.78, 5) is 23.3. The number of carbonyl (C=O) groups excluding carboxylic acids is 1. The molecule has 1 saturated carbocycles. The molecule has 0 aromatic rings. The SMILES string of the molecule is CCCCC/C=C\C/C=C\CCCCCCCCCCCC(=O)OC(COCCCCCCCCCC/C=C\CCCCCCCCC)COP(=O)(O)OC1C(O)C(O)C(O)C(O)C1O. The zero-order valence-electron chi connectivity index (χ0n) is 41.0. The number of hydrogen-bond donors (Lipinski definition) is 6. The van der Waals surface area contributed by atoms with Crippen LogP contribution in [0, 0.1) is 0 Å². The molecule has 1 aliphatic rings. The van der Waals surface area contributed by atoms with E-state index in [-0.39, 0.29) is 13.0 Å². The molecule has 65 heavy (non-hydrogen) atoms. The maximum absolute atomic E-state index is 12.9. The molecule has 6 atom stereocenters. The molecule has 13 heteroatoms. The lowest BCUT2D eigenvalue weighted by molar-refractivity contribution is -0.220. The Hall–Kier alpha value is -1.44. The maximum Gasteiger partial charge on any atom is 0.472 e. The van der Waals surface area contributed by atoms with Gasteiger partial charge in [0.05, 0.1) is 13.2 Å². The number of aliphatic hydroxyl groups excluding tert-OH is 5. The summed E-state index contributed by atoms with van der Waals surface area (Å²) in [6.45, 7) is 4.25. The Labute approximate surface area is 395 Å². The predicted octanol–water partition coefficient (Wildman–Crippen LogP) is 11.8. The third-order valence-electron chi connectivity index (χ3n) is 12.2. The molecule has 0 radical (unpaired) electrons. The Morgan fingerprint density at radius 3 is 1.34 bits per heavy atom. The van der Waals surface area contributed by atoms with Gasteiger partial charge in [0.15, 0.2) is 0 Å². The minimum atomic E-state index is -5.02. The van der Waals surface area contributed by atoms with Crippen LogP contribution in [0.2, 0.25) is 0 Å². The zero-order chi connectivity index (χ0) is 47.6. The summed E-state index contributed by atoms with van der Waals surface area (Å²) in [5.74, 6) is -0.481. The Bertz CT molecular complexity index is 1210. The fourth-order valence-corrected chi connectivity index (χ4v) is 9.00. The van der Waals surface area contributed by atoms with E-state index in [2.05, 4.69) is 50.3 Å². The normalized spacial score (nSPS) is 21.8. The number of rotatable bonds is 45. The summed E-state index contributed by atoms with van der Waals surface area (Å²) < 4.78 is 34.3. The van der Waals surface area contributed by atoms with Gasteiger partial charge in [-0.3, -0.25) is 13.8 Å². The number of ether oxygens (including phenoxy) is 2. The van der Waals surface area contributed by atoms with Crippen molar-refractivity contribution in [1.82, 2.24) is 0 Å². The second kappa shape index (κ2) is 42.6. The smallest absolute Gasteiger partial charge is 0.457 e. The summed E-state index contributed by atoms with van der Waals surface area (Å²) >= 11 is 0. The van der Waals surface area contributed by atoms with Crippen LogP contribution in [0.15, 0.2) is 36.5 Å². The van der Waals surface area contributed by atoms with Gasteiger partial charge in [0, 0.05) is 13.0 Å². The second-order valence-corrected chi connectivity index (χ2v) is 19.8. The summed E-state index contributed by atoms with van der Waals surface area (Å²) in [5, 5.41) is 50.3. The van der Waals surface area contributed by atoms with E-state index in [1.54, 1.807) is 0 Å². The summed E-state index contributed by atoms with van der Waals surface area (Å²) in [6.07, 6.45) is 39.2. The van der Waals surface area contributed by atoms with Crippen molar-refractivity contribution in [2.75, 3.05) is 19.8 Å². The van der Waals surface area contributed by atoms with E-state index in [0.717, 1.165) is 51.4 Å². The molecule has 0 heterocycles. The van der Waals surface area contributed by atoms with Gasteiger partial charge >= 0.3 is 13.8 Å². The Balaban J connectivity index is 2.34. The molecule has 0 amide bonds. The minimum Gasteiger partial charge on any atom is -0.457 e. The van der Waals surface area contributed by atoms with Crippen LogP contribution >= 0.6 is 7.82 Å². The first-order valence-corrected chi connectivity index (χ1v) is 27.8. The monoisotopic (exact) mass is 945 g/mol. The van der Waals surface area contributed by atoms with Crippen LogP contribution in [-0.4, -0.2) is 98.9 Å². The van der Waals surface area contributed by atoms with Gasteiger partial charge in [0.2, 0.25) is 0 Å². The van der Waals surface area contributed by atoms with Crippen molar-refractivity contribution >= 4 is 13.8 Å². The van der Waals surface area contributed by atoms with Gasteiger partial charge in [-0.1, -0.05) is 185 Å². The van der Waals surface area contributed by atoms with Crippen LogP contribution in [-0.2, 0) is 27.9 Å². The van der Waals surface area contributed by atoms with Crippen molar-refractivity contribution in [2.45, 2.75) is 268 Å². The van der Waals surface area contributed by atoms with Crippen molar-refractivity contribution in [1.29, 1.82) is 0 Å². The third-order valence-corrected chi connectivity index (χ3v) is 13.2. The van der Waals surface area contributed by atoms with Gasteiger partial charge in [0.25, 0.3) is 0 Å². The minimum absolute atomic E-state index is 0.0790. The van der Waals surface area contributed by atoms with Crippen molar-refractivity contribution in [2.24, 2.45) is 0 Å². The van der Waals surface area contributed by atoms with E-state index >= 15 is 0 Å². The van der Waals surface area contributed by atoms with Gasteiger partial charge in [-0.2, -0.15) is 0 Å². The Morgan fingerprint density at radius 1 is 0.492 bits per heavy atom. The van der Waals surface area contributed by atoms with Gasteiger partial charge in [-0.05, 0) is 70.6 Å². The number of esters is 1. The molecule has 1 aliphatic carbocycles. The molecule has 382 valence electrons. The van der Waals surface area contributed by atoms with Crippen LogP contribution in [0.25, 0.3) is 0 Å². The molecule has 0 bridgehead atoms. The predicted molar refractivity (Wildman–Crippen MR) is 263 cm³/mol. The summed E-state index contributed by atoms with van der Waals surface area (Å²) in [6, 6.07) is 0. The van der Waals surface area contributed by atoms with Crippen molar-refractivity contribution in [3.63, 3.8) is 0 Å². The molecular formula is C52H97O12P. The summed E-state index contributed by atoms with van der Waals surface area (Å²) in [5.41, 5.74) is 0. The molecule has 0 aromatic heterocycles. The Morgan fingerprint density at radius 2 is 0.862 bits per heavy atom. The quantitative estimate of drug-likeness (QED) is 0.0147. The number of aliphatic hydroxyl groups is 5. The molecule has 0 spiro atoms. The average Bonchev–Trinajstić information content (AvgIpc) is 3.29. The van der Waals surface area contributed by atoms with Crippen LogP contribution in [0.1, 0.15) is 226 Å². The van der Waals surface area contributed by atoms with Crippen LogP contribution in [0.4, 0.5) is 0 Å². The lowest BCUT2D eigenvalue weighted by atomic mass is 9.85. The standard InChI is InChI=1S/C52H97O12P/c1-3-5-7-9-11-13-15-17-19-21-23-25-27-29-31-33-35-37-39-41-46(53)63-45(44-62-65(59,60)64-52-50(57)48(55)47(54)49(56)51(52)58)43-61-42-40-38-36-34-32-30-28-26-24-22-20-18-16-14-12-10-8-6-4-2/h11,13,17,19-20,22,45,47-52,54-58H,3-10,12,14-16,18,21,23-44H2,1-2H3,(H,59,60)/b13-11-,19-17-,22-20-. The first kappa shape index (κ1) is 61.6. The summed E-state index contributed by atoms with van der Waals surface area (Å²) in [7, 11) is -5.02. The molecular weight excluding hydrogens is 848 g/mol. The first-order chi connectivity index (χ1) is 31.5. The van der Waals surface area contributed by atoms with Gasteiger partial charge in [-0.15, -0.1) is 0 Å². The largest absolute Gasteiger partial charge is 0.472 e. The fraction of sp³-hybridized carbons (Fsp3) is 0.865. The molecule has 1 fully saturated rings. The number of phosphoric ester groups is 1. The van der Waals surface area contributed by atoms with Gasteiger partial charge in [0.1, 0.15) is 42.7 Å². The highest BCUT2D eigenvalue weighted by molar-refractivity contribution is 7.47. The number of phosphoric acid groups is 1. The Kier molecular flexibility index (Phi) is 40.4. The van der Waals surface area contributed by atoms with E-state index in [4.69, 9.17) is 18.5 Å². The van der Waals surface area contributed by atoms with E-state index in [1.807, 2.05) is 0 Å². The van der Waals surface area contributed by atoms with Gasteiger partial charge in [-0.25, -0.2) is 4.57 Å². The average molecular weight is 945 g/mol. The highest BCUT2D eigenvalue weighted by Crippen LogP contribution is 2.47. The maximum atomic E-state index is 12.9. The van der Waals surface area contributed by atoms with Crippen molar-refractivity contribution in [3.8, 4) is 0 Å². The fourth-order valence-electron chi connectivity index (χ4n) is 8.03. The molecule has 0 aromatic carbocycles. The molecule has 12 nitrogen and oxygen atoms in total. The topological polar surface area (TPSA) is 192 Å². The lowest BCUT2D eigenvalue weighted by Gasteiger charge is -2.41. The van der Waals surface area contributed by atoms with Crippen molar-refractivity contribution < 1.29 is 58.3 Å². The molecule has 0 aliphatic heterocycles. The number of unbranched alkanes of at least 4 members (excludes halogenated alkanes) is 27. The zero-order valence-corrected chi connectivity index (χ0v) is 41.9. The molecule has 1 rings (SSSR count). The molecule has 6 N–H and O–H groups in total. The highest BCUT2D eigenvalue weighted by Gasteiger charge is 2.51. The molecule has 6 unspecified atom stereocenters. The lowest BCUT2D eigenvalue weighted by Crippen LogP contribution is -2.64. The van der Waals surface area contributed by atoms with Crippen LogP contribution in [0.5, 0.6) is 0 Å². The molecule has 0 saturated heterocycles. The van der Waals surface area contributed by atoms with Crippen molar-refractivity contribution in [3.05, 3.63) is 36.5 Å². The van der Waals surface area contributed by atoms with Crippen LogP contribution < -0.4 is 0 Å². The second-order valence-electron chi connectivity index (χ2n) is 18.4. The van der Waals surface area contributed by atoms with Crippen LogP contribution in [0.3, 0.4) is 0 Å². The van der Waals surface area contributed by atoms with E-state index < -0.39 is 63.1 Å². The van der Waals surface area contributed by atoms with E-state index in [0.29, 0.717) is 13.0 Å². The first-order valence-electron chi connectivity index (χ1n) is 26.3.